The molecule has 9 nitrogen and oxygen atoms in total. The van der Waals surface area contributed by atoms with E-state index in [-0.39, 0.29) is 0 Å². The highest BCUT2D eigenvalue weighted by atomic mass is 15.8. The SMILES string of the molecule is CCn1nnnc1-c1nnnn1[N+](C)(C)C. The average molecular weight is 224 g/mol. The molecule has 0 saturated heterocycles. The first kappa shape index (κ1) is 10.6. The number of tetrazole rings is 2. The van der Waals surface area contributed by atoms with Gasteiger partial charge in [-0.15, -0.1) is 5.10 Å². The Morgan fingerprint density at radius 1 is 1.00 bits per heavy atom. The lowest BCUT2D eigenvalue weighted by Crippen LogP contribution is -2.48. The van der Waals surface area contributed by atoms with Crippen molar-refractivity contribution in [3.63, 3.8) is 0 Å². The Labute approximate surface area is 92.2 Å². The molecule has 0 N–H and O–H groups in total. The summed E-state index contributed by atoms with van der Waals surface area (Å²) in [6.45, 7) is 2.63. The molecule has 0 saturated carbocycles. The van der Waals surface area contributed by atoms with E-state index in [2.05, 4.69) is 31.1 Å². The van der Waals surface area contributed by atoms with Gasteiger partial charge in [-0.05, 0) is 22.6 Å². The highest BCUT2D eigenvalue weighted by molar-refractivity contribution is 5.40. The fraction of sp³-hybridized carbons (Fsp3) is 0.714. The number of aromatic nitrogens is 8. The largest absolute Gasteiger partial charge is 0.275 e. The van der Waals surface area contributed by atoms with Crippen LogP contribution in [0.4, 0.5) is 0 Å². The molecule has 0 bridgehead atoms. The first-order valence-corrected chi connectivity index (χ1v) is 4.91. The Morgan fingerprint density at radius 3 is 2.25 bits per heavy atom. The topological polar surface area (TPSA) is 87.2 Å². The van der Waals surface area contributed by atoms with Crippen LogP contribution in [0.15, 0.2) is 0 Å². The van der Waals surface area contributed by atoms with E-state index in [1.54, 1.807) is 9.47 Å². The molecule has 0 aliphatic heterocycles. The number of aryl methyl sites for hydroxylation is 1. The number of nitrogens with zero attached hydrogens (tertiary/aromatic N) is 9. The van der Waals surface area contributed by atoms with Crippen LogP contribution >= 0.6 is 0 Å². The Hall–Kier alpha value is -1.90. The van der Waals surface area contributed by atoms with Crippen molar-refractivity contribution in [2.75, 3.05) is 21.1 Å². The monoisotopic (exact) mass is 224 g/mol. The molecule has 86 valence electrons. The van der Waals surface area contributed by atoms with Gasteiger partial charge in [0.25, 0.3) is 5.82 Å². The summed E-state index contributed by atoms with van der Waals surface area (Å²) in [6, 6.07) is 0. The maximum atomic E-state index is 3.96. The summed E-state index contributed by atoms with van der Waals surface area (Å²) in [5.41, 5.74) is 0. The fourth-order valence-corrected chi connectivity index (χ4v) is 1.30. The summed E-state index contributed by atoms with van der Waals surface area (Å²) in [4.78, 5) is 1.65. The zero-order valence-electron chi connectivity index (χ0n) is 9.73. The number of hydrogen-bond acceptors (Lipinski definition) is 6. The minimum absolute atomic E-state index is 0.443. The van der Waals surface area contributed by atoms with E-state index in [0.29, 0.717) is 22.8 Å². The third-order valence-electron chi connectivity index (χ3n) is 2.05. The van der Waals surface area contributed by atoms with Crippen LogP contribution in [0.25, 0.3) is 11.6 Å². The Morgan fingerprint density at radius 2 is 1.62 bits per heavy atom. The van der Waals surface area contributed by atoms with E-state index in [0.717, 1.165) is 0 Å². The lowest BCUT2D eigenvalue weighted by Gasteiger charge is -2.21. The minimum Gasteiger partial charge on any atom is -0.223 e. The van der Waals surface area contributed by atoms with E-state index < -0.39 is 0 Å². The molecule has 0 spiro atoms. The second kappa shape index (κ2) is 3.59. The van der Waals surface area contributed by atoms with E-state index in [9.17, 15) is 0 Å². The van der Waals surface area contributed by atoms with Crippen LogP contribution in [0.2, 0.25) is 0 Å². The van der Waals surface area contributed by atoms with Crippen molar-refractivity contribution >= 4 is 0 Å². The van der Waals surface area contributed by atoms with Gasteiger partial charge < -0.3 is 0 Å². The van der Waals surface area contributed by atoms with Gasteiger partial charge in [0.2, 0.25) is 5.82 Å². The molecule has 2 rings (SSSR count). The van der Waals surface area contributed by atoms with Crippen molar-refractivity contribution < 1.29 is 0 Å². The standard InChI is InChI=1S/C7H14N9/c1-5-14-6(8-10-12-14)7-9-11-13-15(7)16(2,3)4/h5H2,1-4H3/q+1. The molecule has 2 heterocycles. The molecule has 16 heavy (non-hydrogen) atoms. The molecule has 0 fully saturated rings. The maximum absolute atomic E-state index is 3.96. The summed E-state index contributed by atoms with van der Waals surface area (Å²) in [5, 5.41) is 23.0. The van der Waals surface area contributed by atoms with E-state index >= 15 is 0 Å². The van der Waals surface area contributed by atoms with Crippen LogP contribution in [0.5, 0.6) is 0 Å². The molecule has 9 heteroatoms. The molecular weight excluding hydrogens is 210 g/mol. The Balaban J connectivity index is 2.53. The second-order valence-corrected chi connectivity index (χ2v) is 4.15. The van der Waals surface area contributed by atoms with Gasteiger partial charge in [0.05, 0.1) is 21.1 Å². The molecule has 2 aromatic heterocycles. The maximum Gasteiger partial charge on any atom is 0.275 e. The van der Waals surface area contributed by atoms with Gasteiger partial charge in [-0.25, -0.2) is 9.27 Å². The smallest absolute Gasteiger partial charge is 0.223 e. The predicted molar refractivity (Wildman–Crippen MR) is 55.6 cm³/mol. The quantitative estimate of drug-likeness (QED) is 0.601. The van der Waals surface area contributed by atoms with Gasteiger partial charge in [0, 0.05) is 11.8 Å². The molecule has 2 aromatic rings. The van der Waals surface area contributed by atoms with Crippen LogP contribution in [-0.4, -0.2) is 61.7 Å². The summed E-state index contributed by atoms with van der Waals surface area (Å²) in [5.74, 6) is 1.12. The number of rotatable bonds is 3. The van der Waals surface area contributed by atoms with Crippen molar-refractivity contribution in [2.24, 2.45) is 0 Å². The van der Waals surface area contributed by atoms with E-state index in [1.807, 2.05) is 28.1 Å². The molecule has 0 amide bonds. The van der Waals surface area contributed by atoms with Gasteiger partial charge in [-0.2, -0.15) is 0 Å². The second-order valence-electron chi connectivity index (χ2n) is 4.15. The normalized spacial score (nSPS) is 12.0. The third-order valence-corrected chi connectivity index (χ3v) is 2.05. The zero-order chi connectivity index (χ0) is 11.8. The minimum atomic E-state index is 0.443. The molecule has 0 aliphatic rings. The lowest BCUT2D eigenvalue weighted by molar-refractivity contribution is 0.222. The first-order chi connectivity index (χ1) is 7.54. The van der Waals surface area contributed by atoms with E-state index in [1.165, 1.54) is 0 Å². The van der Waals surface area contributed by atoms with Crippen molar-refractivity contribution in [1.29, 1.82) is 0 Å². The molecular formula is C7H14N9+. The first-order valence-electron chi connectivity index (χ1n) is 4.91. The van der Waals surface area contributed by atoms with Crippen molar-refractivity contribution in [2.45, 2.75) is 13.5 Å². The van der Waals surface area contributed by atoms with Crippen molar-refractivity contribution in [3.8, 4) is 11.6 Å². The average Bonchev–Trinajstić information content (AvgIpc) is 2.84. The highest BCUT2D eigenvalue weighted by Gasteiger charge is 2.24. The fourth-order valence-electron chi connectivity index (χ4n) is 1.30. The Bertz CT molecular complexity index is 476. The summed E-state index contributed by atoms with van der Waals surface area (Å²) < 4.78 is 2.09. The van der Waals surface area contributed by atoms with Crippen molar-refractivity contribution in [3.05, 3.63) is 0 Å². The molecule has 0 aliphatic carbocycles. The summed E-state index contributed by atoms with van der Waals surface area (Å²) in [7, 11) is 5.87. The predicted octanol–water partition coefficient (Wildman–Crippen LogP) is -1.33. The van der Waals surface area contributed by atoms with Crippen LogP contribution < -0.4 is 4.59 Å². The summed E-state index contributed by atoms with van der Waals surface area (Å²) in [6.07, 6.45) is 0. The van der Waals surface area contributed by atoms with Crippen LogP contribution in [-0.2, 0) is 6.54 Å². The Kier molecular flexibility index (Phi) is 2.38. The van der Waals surface area contributed by atoms with Gasteiger partial charge in [-0.3, -0.25) is 0 Å². The molecule has 0 aromatic carbocycles. The van der Waals surface area contributed by atoms with E-state index in [4.69, 9.17) is 0 Å². The molecule has 0 atom stereocenters. The van der Waals surface area contributed by atoms with Gasteiger partial charge >= 0.3 is 0 Å². The van der Waals surface area contributed by atoms with Crippen molar-refractivity contribution in [1.82, 2.24) is 45.1 Å². The number of hydrogen-bond donors (Lipinski definition) is 0. The lowest BCUT2D eigenvalue weighted by atomic mass is 10.5. The van der Waals surface area contributed by atoms with Crippen LogP contribution in [0, 0.1) is 0 Å². The third kappa shape index (κ3) is 1.65. The zero-order valence-corrected chi connectivity index (χ0v) is 9.73. The van der Waals surface area contributed by atoms with Crippen LogP contribution in [0.1, 0.15) is 6.92 Å². The van der Waals surface area contributed by atoms with Crippen LogP contribution in [0.3, 0.4) is 0 Å². The van der Waals surface area contributed by atoms with Gasteiger partial charge in [0.15, 0.2) is 0 Å². The van der Waals surface area contributed by atoms with Gasteiger partial charge in [-0.1, -0.05) is 9.89 Å². The molecule has 0 radical (unpaired) electrons. The molecule has 0 unspecified atom stereocenters. The van der Waals surface area contributed by atoms with Gasteiger partial charge in [0.1, 0.15) is 0 Å². The highest BCUT2D eigenvalue weighted by Crippen LogP contribution is 2.11. The summed E-state index contributed by atoms with van der Waals surface area (Å²) >= 11 is 0. The number of quaternary nitrogens is 1.